The minimum atomic E-state index is 0.266. The molecule has 0 saturated carbocycles. The van der Waals surface area contributed by atoms with E-state index in [0.717, 1.165) is 0 Å². The first-order valence-electron chi connectivity index (χ1n) is 6.56. The van der Waals surface area contributed by atoms with Gasteiger partial charge in [0, 0.05) is 4.90 Å². The van der Waals surface area contributed by atoms with E-state index in [9.17, 15) is 0 Å². The van der Waals surface area contributed by atoms with E-state index in [-0.39, 0.29) is 10.8 Å². The summed E-state index contributed by atoms with van der Waals surface area (Å²) >= 11 is 1.50. The van der Waals surface area contributed by atoms with Crippen LogP contribution in [-0.4, -0.2) is 0 Å². The summed E-state index contributed by atoms with van der Waals surface area (Å²) in [4.78, 5) is 1.24. The lowest BCUT2D eigenvalue weighted by Gasteiger charge is -2.42. The number of rotatable bonds is 1. The molecule has 1 aliphatic carbocycles. The molecule has 1 aromatic rings. The van der Waals surface area contributed by atoms with Gasteiger partial charge in [-0.3, -0.25) is 0 Å². The van der Waals surface area contributed by atoms with Crippen molar-refractivity contribution in [3.05, 3.63) is 28.8 Å². The van der Waals surface area contributed by atoms with Gasteiger partial charge in [0.2, 0.25) is 0 Å². The van der Waals surface area contributed by atoms with Gasteiger partial charge in [0.05, 0.1) is 0 Å². The zero-order chi connectivity index (χ0) is 13.6. The van der Waals surface area contributed by atoms with Crippen molar-refractivity contribution >= 4 is 11.8 Å². The predicted molar refractivity (Wildman–Crippen MR) is 81.2 cm³/mol. The zero-order valence-electron chi connectivity index (χ0n) is 12.1. The summed E-state index contributed by atoms with van der Waals surface area (Å²) < 4.78 is 0. The maximum atomic E-state index is 5.44. The Kier molecular flexibility index (Phi) is 3.28. The van der Waals surface area contributed by atoms with Crippen molar-refractivity contribution in [1.29, 1.82) is 0 Å². The fraction of sp³-hybridized carbons (Fsp3) is 0.529. The van der Waals surface area contributed by atoms with Crippen molar-refractivity contribution in [1.82, 2.24) is 0 Å². The molecule has 18 heavy (non-hydrogen) atoms. The lowest BCUT2D eigenvalue weighted by Crippen LogP contribution is -2.34. The highest BCUT2D eigenvalue weighted by Gasteiger charge is 2.37. The summed E-state index contributed by atoms with van der Waals surface area (Å²) in [6.07, 6.45) is 7.94. The average Bonchev–Trinajstić information content (AvgIpc) is 2.27. The molecule has 2 rings (SSSR count). The molecule has 0 saturated heterocycles. The van der Waals surface area contributed by atoms with Gasteiger partial charge in [-0.05, 0) is 70.4 Å². The van der Waals surface area contributed by atoms with Gasteiger partial charge in [0.15, 0.2) is 0 Å². The number of hydrogen-bond acceptors (Lipinski definition) is 1. The van der Waals surface area contributed by atoms with Crippen LogP contribution < -0.4 is 0 Å². The van der Waals surface area contributed by atoms with E-state index in [1.807, 2.05) is 0 Å². The molecule has 0 amide bonds. The second-order valence-corrected chi connectivity index (χ2v) is 7.53. The van der Waals surface area contributed by atoms with E-state index >= 15 is 0 Å². The SMILES string of the molecule is C#CSc1cc2c(cc1C)C(C)(C)CCC2(C)C. The third kappa shape index (κ3) is 2.19. The second-order valence-electron chi connectivity index (χ2n) is 6.65. The first-order valence-corrected chi connectivity index (χ1v) is 7.38. The number of hydrogen-bond donors (Lipinski definition) is 0. The van der Waals surface area contributed by atoms with Crippen LogP contribution in [0.25, 0.3) is 0 Å². The molecule has 0 aromatic heterocycles. The van der Waals surface area contributed by atoms with Crippen LogP contribution in [0.5, 0.6) is 0 Å². The fourth-order valence-electron chi connectivity index (χ4n) is 2.88. The zero-order valence-corrected chi connectivity index (χ0v) is 12.9. The highest BCUT2D eigenvalue weighted by Crippen LogP contribution is 2.47. The summed E-state index contributed by atoms with van der Waals surface area (Å²) in [6, 6.07) is 4.69. The number of terminal acetylenes is 1. The smallest absolute Gasteiger partial charge is 0.0235 e. The molecule has 1 aromatic carbocycles. The number of benzene rings is 1. The molecule has 0 N–H and O–H groups in total. The molecule has 96 valence electrons. The highest BCUT2D eigenvalue weighted by molar-refractivity contribution is 8.04. The summed E-state index contributed by atoms with van der Waals surface area (Å²) in [6.45, 7) is 11.6. The minimum absolute atomic E-state index is 0.266. The molecule has 1 heteroatoms. The maximum Gasteiger partial charge on any atom is 0.0235 e. The molecule has 0 radical (unpaired) electrons. The largest absolute Gasteiger partial charge is 0.108 e. The predicted octanol–water partition coefficient (Wildman–Crippen LogP) is 5.03. The van der Waals surface area contributed by atoms with Crippen LogP contribution in [-0.2, 0) is 10.8 Å². The standard InChI is InChI=1S/C17H22S/c1-7-18-15-11-14-13(10-12(15)2)16(3,4)8-9-17(14,5)6/h1,10-11H,8-9H2,2-6H3. The lowest BCUT2D eigenvalue weighted by atomic mass is 9.63. The van der Waals surface area contributed by atoms with Gasteiger partial charge >= 0.3 is 0 Å². The van der Waals surface area contributed by atoms with E-state index in [2.05, 4.69) is 52.0 Å². The Morgan fingerprint density at radius 1 is 1.06 bits per heavy atom. The van der Waals surface area contributed by atoms with Gasteiger partial charge < -0.3 is 0 Å². The Balaban J connectivity index is 2.66. The van der Waals surface area contributed by atoms with Gasteiger partial charge in [-0.25, -0.2) is 0 Å². The van der Waals surface area contributed by atoms with Crippen molar-refractivity contribution in [2.45, 2.75) is 63.2 Å². The highest BCUT2D eigenvalue weighted by atomic mass is 32.2. The molecule has 0 heterocycles. The summed E-state index contributed by atoms with van der Waals surface area (Å²) in [5.41, 5.74) is 4.86. The van der Waals surface area contributed by atoms with Crippen LogP contribution in [0.15, 0.2) is 17.0 Å². The molecule has 0 atom stereocenters. The van der Waals surface area contributed by atoms with Crippen LogP contribution in [0, 0.1) is 18.6 Å². The summed E-state index contributed by atoms with van der Waals surface area (Å²) in [5.74, 6) is 0. The van der Waals surface area contributed by atoms with Gasteiger partial charge in [-0.15, -0.1) is 6.42 Å². The van der Waals surface area contributed by atoms with Gasteiger partial charge in [-0.2, -0.15) is 0 Å². The molecule has 0 nitrogen and oxygen atoms in total. The summed E-state index contributed by atoms with van der Waals surface area (Å²) in [7, 11) is 0. The average molecular weight is 258 g/mol. The minimum Gasteiger partial charge on any atom is -0.108 e. The quantitative estimate of drug-likeness (QED) is 0.503. The third-order valence-corrected chi connectivity index (χ3v) is 5.09. The monoisotopic (exact) mass is 258 g/mol. The molecule has 0 unspecified atom stereocenters. The Hall–Kier alpha value is -0.870. The van der Waals surface area contributed by atoms with Gasteiger partial charge in [0.25, 0.3) is 0 Å². The molecular weight excluding hydrogens is 236 g/mol. The Bertz CT molecular complexity index is 515. The van der Waals surface area contributed by atoms with Crippen molar-refractivity contribution in [2.24, 2.45) is 0 Å². The van der Waals surface area contributed by atoms with Gasteiger partial charge in [-0.1, -0.05) is 33.8 Å². The van der Waals surface area contributed by atoms with E-state index < -0.39 is 0 Å². The van der Waals surface area contributed by atoms with Crippen LogP contribution in [0.4, 0.5) is 0 Å². The van der Waals surface area contributed by atoms with Crippen LogP contribution in [0.1, 0.15) is 57.2 Å². The van der Waals surface area contributed by atoms with E-state index in [1.165, 1.54) is 46.2 Å². The van der Waals surface area contributed by atoms with E-state index in [0.29, 0.717) is 0 Å². The maximum absolute atomic E-state index is 5.44. The topological polar surface area (TPSA) is 0 Å². The Morgan fingerprint density at radius 2 is 1.56 bits per heavy atom. The van der Waals surface area contributed by atoms with Gasteiger partial charge in [0.1, 0.15) is 0 Å². The van der Waals surface area contributed by atoms with Crippen LogP contribution in [0.2, 0.25) is 0 Å². The first-order chi connectivity index (χ1) is 8.28. The number of aryl methyl sites for hydroxylation is 1. The van der Waals surface area contributed by atoms with Crippen molar-refractivity contribution in [3.8, 4) is 11.7 Å². The lowest BCUT2D eigenvalue weighted by molar-refractivity contribution is 0.331. The van der Waals surface area contributed by atoms with E-state index in [1.54, 1.807) is 0 Å². The molecule has 0 fully saturated rings. The summed E-state index contributed by atoms with van der Waals surface area (Å²) in [5, 5.41) is 2.70. The van der Waals surface area contributed by atoms with Crippen molar-refractivity contribution in [3.63, 3.8) is 0 Å². The normalized spacial score (nSPS) is 20.0. The van der Waals surface area contributed by atoms with E-state index in [4.69, 9.17) is 6.42 Å². The molecule has 0 aliphatic heterocycles. The van der Waals surface area contributed by atoms with Crippen molar-refractivity contribution < 1.29 is 0 Å². The third-order valence-electron chi connectivity index (χ3n) is 4.32. The Morgan fingerprint density at radius 3 is 2.06 bits per heavy atom. The van der Waals surface area contributed by atoms with Crippen molar-refractivity contribution in [2.75, 3.05) is 0 Å². The number of fused-ring (bicyclic) bond motifs is 1. The first kappa shape index (κ1) is 13.6. The fourth-order valence-corrected chi connectivity index (χ4v) is 3.40. The van der Waals surface area contributed by atoms with Crippen LogP contribution in [0.3, 0.4) is 0 Å². The molecular formula is C17H22S. The molecule has 0 spiro atoms. The second kappa shape index (κ2) is 4.35. The molecule has 1 aliphatic rings. The van der Waals surface area contributed by atoms with Crippen LogP contribution >= 0.6 is 11.8 Å². The molecule has 0 bridgehead atoms. The Labute approximate surface area is 116 Å². The number of thioether (sulfide) groups is 1.